The van der Waals surface area contributed by atoms with Crippen molar-refractivity contribution in [3.05, 3.63) is 65.2 Å². The molecule has 32 heavy (non-hydrogen) atoms. The minimum absolute atomic E-state index is 0.0817. The van der Waals surface area contributed by atoms with Gasteiger partial charge in [-0.15, -0.1) is 0 Å². The van der Waals surface area contributed by atoms with Crippen LogP contribution in [-0.2, 0) is 12.0 Å². The van der Waals surface area contributed by atoms with Crippen molar-refractivity contribution in [3.63, 3.8) is 0 Å². The number of benzene rings is 2. The Bertz CT molecular complexity index is 884. The van der Waals surface area contributed by atoms with Crippen LogP contribution in [-0.4, -0.2) is 11.2 Å². The number of nitrogens with zero attached hydrogens (tertiary/aromatic N) is 1. The lowest BCUT2D eigenvalue weighted by molar-refractivity contribution is 0.102. The van der Waals surface area contributed by atoms with Gasteiger partial charge in [-0.3, -0.25) is 0 Å². The molecule has 3 heteroatoms. The highest BCUT2D eigenvalue weighted by molar-refractivity contribution is 5.43. The molecule has 0 aromatic heterocycles. The van der Waals surface area contributed by atoms with Crippen molar-refractivity contribution in [1.29, 1.82) is 5.26 Å². The molecule has 0 heterocycles. The molecule has 1 aliphatic carbocycles. The summed E-state index contributed by atoms with van der Waals surface area (Å²) in [5.74, 6) is 0.958. The fourth-order valence-electron chi connectivity index (χ4n) is 4.94. The van der Waals surface area contributed by atoms with Crippen molar-refractivity contribution in [3.8, 4) is 11.8 Å². The van der Waals surface area contributed by atoms with Gasteiger partial charge in [-0.1, -0.05) is 88.9 Å². The molecule has 1 N–H and O–H groups in total. The first kappa shape index (κ1) is 24.3. The molecule has 1 fully saturated rings. The van der Waals surface area contributed by atoms with Gasteiger partial charge in [0.1, 0.15) is 12.4 Å². The SMILES string of the molecule is CCCCCCC(C)(C)c1ccc(C2CC(O)CC(C#N)C2)c(OCc2ccccc2)c1. The Kier molecular flexibility index (Phi) is 8.76. The first-order chi connectivity index (χ1) is 15.4. The summed E-state index contributed by atoms with van der Waals surface area (Å²) < 4.78 is 6.39. The Hall–Kier alpha value is -2.31. The summed E-state index contributed by atoms with van der Waals surface area (Å²) in [7, 11) is 0. The highest BCUT2D eigenvalue weighted by atomic mass is 16.5. The van der Waals surface area contributed by atoms with Crippen LogP contribution in [0, 0.1) is 17.2 Å². The van der Waals surface area contributed by atoms with Gasteiger partial charge in [0.25, 0.3) is 0 Å². The van der Waals surface area contributed by atoms with E-state index in [0.29, 0.717) is 19.4 Å². The number of hydrogen-bond acceptors (Lipinski definition) is 3. The van der Waals surface area contributed by atoms with Crippen LogP contribution in [0.15, 0.2) is 48.5 Å². The van der Waals surface area contributed by atoms with E-state index in [2.05, 4.69) is 57.2 Å². The molecule has 3 atom stereocenters. The Morgan fingerprint density at radius 3 is 2.53 bits per heavy atom. The molecule has 3 rings (SSSR count). The maximum atomic E-state index is 10.4. The van der Waals surface area contributed by atoms with E-state index in [1.165, 1.54) is 31.2 Å². The normalized spacial score (nSPS) is 21.2. The van der Waals surface area contributed by atoms with Gasteiger partial charge in [0.05, 0.1) is 12.2 Å². The van der Waals surface area contributed by atoms with E-state index in [-0.39, 0.29) is 17.3 Å². The summed E-state index contributed by atoms with van der Waals surface area (Å²) in [6.45, 7) is 7.42. The molecular weight excluding hydrogens is 394 g/mol. The number of aliphatic hydroxyl groups excluding tert-OH is 1. The molecule has 1 aliphatic rings. The number of nitriles is 1. The van der Waals surface area contributed by atoms with Crippen LogP contribution in [0.25, 0.3) is 0 Å². The zero-order chi connectivity index (χ0) is 23.0. The molecule has 2 aromatic carbocycles. The lowest BCUT2D eigenvalue weighted by Gasteiger charge is -2.32. The third-order valence-electron chi connectivity index (χ3n) is 6.99. The van der Waals surface area contributed by atoms with Crippen LogP contribution >= 0.6 is 0 Å². The zero-order valence-corrected chi connectivity index (χ0v) is 20.0. The van der Waals surface area contributed by atoms with Crippen molar-refractivity contribution >= 4 is 0 Å². The van der Waals surface area contributed by atoms with Crippen LogP contribution in [0.5, 0.6) is 5.75 Å². The molecule has 0 bridgehead atoms. The molecular formula is C29H39NO2. The first-order valence-corrected chi connectivity index (χ1v) is 12.3. The van der Waals surface area contributed by atoms with Crippen molar-refractivity contribution in [2.45, 2.75) is 96.2 Å². The van der Waals surface area contributed by atoms with E-state index in [9.17, 15) is 10.4 Å². The van der Waals surface area contributed by atoms with E-state index < -0.39 is 6.10 Å². The molecule has 3 nitrogen and oxygen atoms in total. The largest absolute Gasteiger partial charge is 0.489 e. The summed E-state index contributed by atoms with van der Waals surface area (Å²) in [4.78, 5) is 0. The maximum absolute atomic E-state index is 10.4. The second-order valence-electron chi connectivity index (χ2n) is 10.1. The number of ether oxygens (including phenoxy) is 1. The fourth-order valence-corrected chi connectivity index (χ4v) is 4.94. The fraction of sp³-hybridized carbons (Fsp3) is 0.552. The molecule has 2 aromatic rings. The molecule has 0 aliphatic heterocycles. The van der Waals surface area contributed by atoms with Gasteiger partial charge in [-0.25, -0.2) is 0 Å². The number of aliphatic hydroxyl groups is 1. The predicted molar refractivity (Wildman–Crippen MR) is 131 cm³/mol. The van der Waals surface area contributed by atoms with Gasteiger partial charge in [0, 0.05) is 5.92 Å². The zero-order valence-electron chi connectivity index (χ0n) is 20.0. The summed E-state index contributed by atoms with van der Waals surface area (Å²) >= 11 is 0. The Morgan fingerprint density at radius 1 is 1.03 bits per heavy atom. The predicted octanol–water partition coefficient (Wildman–Crippen LogP) is 7.28. The number of unbranched alkanes of at least 4 members (excludes halogenated alkanes) is 3. The maximum Gasteiger partial charge on any atom is 0.123 e. The molecule has 172 valence electrons. The van der Waals surface area contributed by atoms with Crippen LogP contribution in [0.3, 0.4) is 0 Å². The van der Waals surface area contributed by atoms with Crippen LogP contribution in [0.2, 0.25) is 0 Å². The second kappa shape index (κ2) is 11.5. The van der Waals surface area contributed by atoms with E-state index in [1.807, 2.05) is 18.2 Å². The monoisotopic (exact) mass is 433 g/mol. The third-order valence-corrected chi connectivity index (χ3v) is 6.99. The standard InChI is InChI=1S/C29H39NO2/c1-4-5-6-10-15-29(2,3)25-13-14-27(24-16-23(20-30)17-26(31)18-24)28(19-25)32-21-22-11-8-7-9-12-22/h7-9,11-14,19,23-24,26,31H,4-6,10,15-18,21H2,1-3H3. The van der Waals surface area contributed by atoms with Crippen molar-refractivity contribution in [2.24, 2.45) is 5.92 Å². The lowest BCUT2D eigenvalue weighted by Crippen LogP contribution is -2.25. The Labute approximate surface area is 194 Å². The number of rotatable bonds is 10. The molecule has 0 amide bonds. The van der Waals surface area contributed by atoms with Crippen LogP contribution in [0.1, 0.15) is 94.7 Å². The van der Waals surface area contributed by atoms with Gasteiger partial charge < -0.3 is 9.84 Å². The first-order valence-electron chi connectivity index (χ1n) is 12.3. The molecule has 0 radical (unpaired) electrons. The van der Waals surface area contributed by atoms with E-state index in [4.69, 9.17) is 4.74 Å². The average molecular weight is 434 g/mol. The smallest absolute Gasteiger partial charge is 0.123 e. The second-order valence-corrected chi connectivity index (χ2v) is 10.1. The van der Waals surface area contributed by atoms with E-state index in [0.717, 1.165) is 29.7 Å². The topological polar surface area (TPSA) is 53.2 Å². The number of hydrogen-bond donors (Lipinski definition) is 1. The van der Waals surface area contributed by atoms with Crippen molar-refractivity contribution in [2.75, 3.05) is 0 Å². The van der Waals surface area contributed by atoms with Crippen LogP contribution in [0.4, 0.5) is 0 Å². The Balaban J connectivity index is 1.85. The summed E-state index contributed by atoms with van der Waals surface area (Å²) in [6.07, 6.45) is 7.86. The quantitative estimate of drug-likeness (QED) is 0.400. The van der Waals surface area contributed by atoms with Gasteiger partial charge >= 0.3 is 0 Å². The van der Waals surface area contributed by atoms with Gasteiger partial charge in [-0.2, -0.15) is 5.26 Å². The molecule has 1 saturated carbocycles. The minimum Gasteiger partial charge on any atom is -0.489 e. The molecule has 0 spiro atoms. The van der Waals surface area contributed by atoms with Crippen molar-refractivity contribution in [1.82, 2.24) is 0 Å². The molecule has 0 saturated heterocycles. The van der Waals surface area contributed by atoms with Crippen molar-refractivity contribution < 1.29 is 9.84 Å². The average Bonchev–Trinajstić information content (AvgIpc) is 2.80. The van der Waals surface area contributed by atoms with Gasteiger partial charge in [0.2, 0.25) is 0 Å². The minimum atomic E-state index is -0.421. The van der Waals surface area contributed by atoms with E-state index >= 15 is 0 Å². The lowest BCUT2D eigenvalue weighted by atomic mass is 9.75. The Morgan fingerprint density at radius 2 is 1.81 bits per heavy atom. The third kappa shape index (κ3) is 6.59. The van der Waals surface area contributed by atoms with Crippen LogP contribution < -0.4 is 4.74 Å². The highest BCUT2D eigenvalue weighted by Gasteiger charge is 2.31. The molecule has 3 unspecified atom stereocenters. The van der Waals surface area contributed by atoms with E-state index in [1.54, 1.807) is 0 Å². The summed E-state index contributed by atoms with van der Waals surface area (Å²) in [6, 6.07) is 19.3. The highest BCUT2D eigenvalue weighted by Crippen LogP contribution is 2.42. The summed E-state index contributed by atoms with van der Waals surface area (Å²) in [5.41, 5.74) is 3.65. The van der Waals surface area contributed by atoms with Gasteiger partial charge in [0.15, 0.2) is 0 Å². The summed E-state index contributed by atoms with van der Waals surface area (Å²) in [5, 5.41) is 19.8. The van der Waals surface area contributed by atoms with Gasteiger partial charge in [-0.05, 0) is 59.8 Å².